The summed E-state index contributed by atoms with van der Waals surface area (Å²) in [4.78, 5) is 24.1. The minimum absolute atomic E-state index is 0.0313. The van der Waals surface area contributed by atoms with Gasteiger partial charge in [-0.3, -0.25) is 4.79 Å². The molecule has 3 aromatic rings. The molecule has 2 aliphatic rings. The lowest BCUT2D eigenvalue weighted by Gasteiger charge is -2.42. The average molecular weight is 767 g/mol. The molecule has 54 heavy (non-hydrogen) atoms. The number of benzene rings is 2. The van der Waals surface area contributed by atoms with Crippen molar-refractivity contribution < 1.29 is 79.2 Å². The van der Waals surface area contributed by atoms with Gasteiger partial charge in [0.2, 0.25) is 17.5 Å². The fourth-order valence-corrected chi connectivity index (χ4v) is 5.99. The van der Waals surface area contributed by atoms with Gasteiger partial charge in [-0.15, -0.1) is 0 Å². The second-order valence-corrected chi connectivity index (χ2v) is 13.5. The summed E-state index contributed by atoms with van der Waals surface area (Å²) in [5.41, 5.74) is -1.35. The first-order valence-corrected chi connectivity index (χ1v) is 17.8. The number of aromatic hydroxyl groups is 4. The van der Waals surface area contributed by atoms with Gasteiger partial charge in [0, 0.05) is 24.1 Å². The van der Waals surface area contributed by atoms with Crippen molar-refractivity contribution in [3.63, 3.8) is 0 Å². The Morgan fingerprint density at radius 2 is 1.39 bits per heavy atom. The Balaban J connectivity index is 0.000000514. The molecule has 0 unspecified atom stereocenters. The Morgan fingerprint density at radius 1 is 0.741 bits per heavy atom. The molecule has 3 heterocycles. The highest BCUT2D eigenvalue weighted by Gasteiger charge is 2.48. The molecule has 10 N–H and O–H groups in total. The van der Waals surface area contributed by atoms with Crippen molar-refractivity contribution in [2.75, 3.05) is 6.61 Å². The second kappa shape index (κ2) is 19.0. The largest absolute Gasteiger partial charge is 0.508 e. The lowest BCUT2D eigenvalue weighted by molar-refractivity contribution is -0.318. The molecule has 0 aliphatic carbocycles. The van der Waals surface area contributed by atoms with Crippen LogP contribution < -0.4 is 10.2 Å². The van der Waals surface area contributed by atoms with Gasteiger partial charge < -0.3 is 79.2 Å². The van der Waals surface area contributed by atoms with Crippen molar-refractivity contribution in [2.24, 2.45) is 0 Å². The molecule has 2 aromatic carbocycles. The lowest BCUT2D eigenvalue weighted by Crippen LogP contribution is -2.61. The first-order chi connectivity index (χ1) is 25.5. The summed E-state index contributed by atoms with van der Waals surface area (Å²) in [7, 11) is 0. The van der Waals surface area contributed by atoms with Crippen LogP contribution in [0.5, 0.6) is 28.7 Å². The number of rotatable bonds is 13. The van der Waals surface area contributed by atoms with Crippen molar-refractivity contribution in [1.29, 1.82) is 0 Å². The molecular weight excluding hydrogens is 716 g/mol. The summed E-state index contributed by atoms with van der Waals surface area (Å²) < 4.78 is 27.8. The van der Waals surface area contributed by atoms with Crippen LogP contribution in [0.2, 0.25) is 0 Å². The normalized spacial score (nSPS) is 28.3. The van der Waals surface area contributed by atoms with E-state index in [1.807, 2.05) is 0 Å². The van der Waals surface area contributed by atoms with Gasteiger partial charge in [0.1, 0.15) is 71.0 Å². The highest BCUT2D eigenvalue weighted by molar-refractivity contribution is 5.88. The summed E-state index contributed by atoms with van der Waals surface area (Å²) in [6, 6.07) is 5.24. The molecular formula is C37H50O17. The van der Waals surface area contributed by atoms with Crippen LogP contribution in [0.3, 0.4) is 0 Å². The number of hydrogen-bond acceptors (Lipinski definition) is 17. The van der Waals surface area contributed by atoms with Crippen LogP contribution in [-0.4, -0.2) is 125 Å². The molecule has 0 radical (unpaired) electrons. The average Bonchev–Trinajstić information content (AvgIpc) is 3.12. The maximum Gasteiger partial charge on any atom is 0.239 e. The monoisotopic (exact) mass is 766 g/mol. The zero-order valence-electron chi connectivity index (χ0n) is 30.1. The van der Waals surface area contributed by atoms with E-state index in [1.54, 1.807) is 6.92 Å². The van der Waals surface area contributed by atoms with E-state index >= 15 is 0 Å². The predicted octanol–water partition coefficient (Wildman–Crippen LogP) is 1.64. The first-order valence-electron chi connectivity index (χ1n) is 17.8. The smallest absolute Gasteiger partial charge is 0.239 e. The van der Waals surface area contributed by atoms with Crippen LogP contribution in [0.15, 0.2) is 39.5 Å². The number of phenols is 4. The number of carbonyl (C=O) groups is 1. The van der Waals surface area contributed by atoms with Crippen molar-refractivity contribution in [3.05, 3.63) is 40.6 Å². The van der Waals surface area contributed by atoms with E-state index in [0.717, 1.165) is 37.1 Å². The van der Waals surface area contributed by atoms with Gasteiger partial charge in [-0.05, 0) is 38.5 Å². The molecule has 2 saturated heterocycles. The topological polar surface area (TPSA) is 286 Å². The van der Waals surface area contributed by atoms with E-state index in [2.05, 4.69) is 6.92 Å². The fraction of sp³-hybridized carbons (Fsp3) is 0.568. The molecule has 0 amide bonds. The van der Waals surface area contributed by atoms with E-state index in [0.29, 0.717) is 5.78 Å². The van der Waals surface area contributed by atoms with E-state index in [-0.39, 0.29) is 11.1 Å². The number of ether oxygens (including phenoxy) is 4. The number of phenolic OH excluding ortho intramolecular Hbond substituents is 4. The van der Waals surface area contributed by atoms with Gasteiger partial charge in [-0.25, -0.2) is 0 Å². The van der Waals surface area contributed by atoms with Crippen molar-refractivity contribution in [1.82, 2.24) is 0 Å². The van der Waals surface area contributed by atoms with Gasteiger partial charge in [-0.1, -0.05) is 39.0 Å². The van der Waals surface area contributed by atoms with Gasteiger partial charge in [-0.2, -0.15) is 0 Å². The molecule has 0 bridgehead atoms. The molecule has 17 nitrogen and oxygen atoms in total. The standard InChI is InChI=1S/C27H30O16.C10H20O/c1-8-17(32)20(35)22(37)26(40-8)39-7-15-18(33)21(36)23(38)27(42-15)43-25-19(34)16-13(31)5-10(28)6-14(16)41-24(25)9-2-3-11(29)12(30)4-9;1-3-4-5-6-7-8-9-10(2)11/h2-6,8,15,17-18,20-23,26-33,35-38H,7H2,1H3;3-9H2,1-2H3/t8-,15+,17-,18+,20+,21-,22+,23+,26+,27-;/m0./s1. The van der Waals surface area contributed by atoms with Crippen LogP contribution in [0.4, 0.5) is 0 Å². The molecule has 1 aromatic heterocycles. The Hall–Kier alpha value is -4.04. The highest BCUT2D eigenvalue weighted by atomic mass is 16.7. The number of carbonyl (C=O) groups excluding carboxylic acids is 1. The predicted molar refractivity (Wildman–Crippen MR) is 189 cm³/mol. The molecule has 17 heteroatoms. The first kappa shape index (κ1) is 42.7. The number of unbranched alkanes of at least 4 members (excludes halogenated alkanes) is 5. The number of aliphatic hydroxyl groups is 6. The summed E-state index contributed by atoms with van der Waals surface area (Å²) in [6.45, 7) is 4.71. The van der Waals surface area contributed by atoms with E-state index in [9.17, 15) is 60.7 Å². The Bertz CT molecular complexity index is 1760. The van der Waals surface area contributed by atoms with Gasteiger partial charge in [0.05, 0.1) is 12.7 Å². The maximum atomic E-state index is 13.6. The lowest BCUT2D eigenvalue weighted by atomic mass is 9.98. The highest BCUT2D eigenvalue weighted by Crippen LogP contribution is 2.39. The summed E-state index contributed by atoms with van der Waals surface area (Å²) in [6.07, 6.45) is -7.74. The fourth-order valence-electron chi connectivity index (χ4n) is 5.99. The SMILES string of the molecule is CCCCCCCCC(C)=O.C[C@@H]1O[C@@H](OC[C@H]2O[C@@H](Oc3c(-c4ccc(O)c(O)c4)oc4cc(O)cc(O)c4c3=O)[C@H](O)[C@@H](O)[C@@H]2O)[C@H](O)[C@H](O)[C@H]1O. The molecule has 10 atom stereocenters. The van der Waals surface area contributed by atoms with Gasteiger partial charge in [0.25, 0.3) is 0 Å². The molecule has 0 saturated carbocycles. The molecule has 2 aliphatic heterocycles. The maximum absolute atomic E-state index is 13.6. The van der Waals surface area contributed by atoms with E-state index in [1.165, 1.54) is 45.1 Å². The van der Waals surface area contributed by atoms with Gasteiger partial charge in [0.15, 0.2) is 23.5 Å². The molecule has 5 rings (SSSR count). The molecule has 300 valence electrons. The second-order valence-electron chi connectivity index (χ2n) is 13.5. The third kappa shape index (κ3) is 10.2. The number of aliphatic hydroxyl groups excluding tert-OH is 6. The van der Waals surface area contributed by atoms with Crippen molar-refractivity contribution >= 4 is 16.8 Å². The minimum atomic E-state index is -1.97. The number of fused-ring (bicyclic) bond motifs is 1. The quantitative estimate of drug-likeness (QED) is 0.0874. The van der Waals surface area contributed by atoms with Crippen molar-refractivity contribution in [3.8, 4) is 40.1 Å². The Morgan fingerprint density at radius 3 is 2.06 bits per heavy atom. The number of Topliss-reactive ketones (excluding diaryl/α,β-unsaturated/α-hetero) is 1. The van der Waals surface area contributed by atoms with Crippen LogP contribution >= 0.6 is 0 Å². The minimum Gasteiger partial charge on any atom is -0.508 e. The van der Waals surface area contributed by atoms with Gasteiger partial charge >= 0.3 is 0 Å². The van der Waals surface area contributed by atoms with E-state index in [4.69, 9.17) is 23.4 Å². The third-order valence-electron chi connectivity index (χ3n) is 9.17. The summed E-state index contributed by atoms with van der Waals surface area (Å²) in [5, 5.41) is 101. The Labute approximate surface area is 310 Å². The zero-order valence-corrected chi connectivity index (χ0v) is 30.1. The molecule has 0 spiro atoms. The van der Waals surface area contributed by atoms with Crippen LogP contribution in [-0.2, 0) is 19.0 Å². The molecule has 2 fully saturated rings. The summed E-state index contributed by atoms with van der Waals surface area (Å²) >= 11 is 0. The van der Waals surface area contributed by atoms with Crippen LogP contribution in [0.1, 0.15) is 65.7 Å². The number of ketones is 1. The zero-order chi connectivity index (χ0) is 39.9. The summed E-state index contributed by atoms with van der Waals surface area (Å²) in [5.74, 6) is -3.00. The van der Waals surface area contributed by atoms with E-state index < -0.39 is 113 Å². The van der Waals surface area contributed by atoms with Crippen LogP contribution in [0.25, 0.3) is 22.3 Å². The third-order valence-corrected chi connectivity index (χ3v) is 9.17. The Kier molecular flexibility index (Phi) is 15.0. The number of hydrogen-bond donors (Lipinski definition) is 10. The van der Waals surface area contributed by atoms with Crippen LogP contribution in [0, 0.1) is 0 Å². The van der Waals surface area contributed by atoms with Crippen molar-refractivity contribution in [2.45, 2.75) is 127 Å².